The van der Waals surface area contributed by atoms with Gasteiger partial charge in [0.1, 0.15) is 24.0 Å². The number of carbonyl (C=O) groups excluding carboxylic acids is 3. The highest BCUT2D eigenvalue weighted by molar-refractivity contribution is 8.13. The summed E-state index contributed by atoms with van der Waals surface area (Å²) in [4.78, 5) is 36.0. The number of carbonyl (C=O) groups is 3. The van der Waals surface area contributed by atoms with Crippen molar-refractivity contribution in [3.63, 3.8) is 0 Å². The van der Waals surface area contributed by atoms with Gasteiger partial charge < -0.3 is 14.2 Å². The minimum Gasteiger partial charge on any atom is -0.454 e. The van der Waals surface area contributed by atoms with Gasteiger partial charge >= 0.3 is 0 Å². The molecular formula is C26H25F2NO6S. The molecule has 36 heavy (non-hydrogen) atoms. The number of hydrogen-bond acceptors (Lipinski definition) is 7. The van der Waals surface area contributed by atoms with Gasteiger partial charge in [-0.15, -0.1) is 0 Å². The molecule has 2 aliphatic rings. The first kappa shape index (κ1) is 25.8. The van der Waals surface area contributed by atoms with E-state index >= 15 is 0 Å². The predicted octanol–water partition coefficient (Wildman–Crippen LogP) is 4.71. The highest BCUT2D eigenvalue weighted by atomic mass is 32.2. The summed E-state index contributed by atoms with van der Waals surface area (Å²) in [6, 6.07) is 11.7. The van der Waals surface area contributed by atoms with E-state index in [1.165, 1.54) is 18.4 Å². The second-order valence-electron chi connectivity index (χ2n) is 9.07. The molecule has 10 heteroatoms. The van der Waals surface area contributed by atoms with E-state index in [2.05, 4.69) is 5.32 Å². The molecule has 0 bridgehead atoms. The predicted molar refractivity (Wildman–Crippen MR) is 128 cm³/mol. The van der Waals surface area contributed by atoms with Crippen LogP contribution in [0.25, 0.3) is 0 Å². The molecule has 2 amide bonds. The summed E-state index contributed by atoms with van der Waals surface area (Å²) in [6.07, 6.45) is 1.35. The van der Waals surface area contributed by atoms with Crippen LogP contribution in [0.3, 0.4) is 0 Å². The number of allylic oxidation sites excluding steroid dienone is 1. The first-order chi connectivity index (χ1) is 17.1. The summed E-state index contributed by atoms with van der Waals surface area (Å²) in [6.45, 7) is 3.43. The molecular weight excluding hydrogens is 492 g/mol. The number of benzene rings is 2. The van der Waals surface area contributed by atoms with Crippen LogP contribution in [0.4, 0.5) is 13.6 Å². The van der Waals surface area contributed by atoms with Crippen molar-refractivity contribution in [1.82, 2.24) is 5.32 Å². The van der Waals surface area contributed by atoms with Gasteiger partial charge in [-0.1, -0.05) is 43.0 Å². The maximum atomic E-state index is 14.9. The van der Waals surface area contributed by atoms with Gasteiger partial charge in [0.2, 0.25) is 0 Å². The minimum absolute atomic E-state index is 0.0174. The average Bonchev–Trinajstić information content (AvgIpc) is 3.26. The van der Waals surface area contributed by atoms with Crippen LogP contribution < -0.4 is 5.32 Å². The lowest BCUT2D eigenvalue weighted by Crippen LogP contribution is -2.54. The monoisotopic (exact) mass is 517 g/mol. The van der Waals surface area contributed by atoms with Crippen molar-refractivity contribution in [2.24, 2.45) is 5.92 Å². The Balaban J connectivity index is 1.52. The lowest BCUT2D eigenvalue weighted by Gasteiger charge is -2.47. The van der Waals surface area contributed by atoms with Gasteiger partial charge in [-0.05, 0) is 36.1 Å². The number of nitrogens with one attached hydrogen (secondary N) is 1. The normalized spacial score (nSPS) is 27.4. The topological polar surface area (TPSA) is 90.9 Å². The molecule has 2 heterocycles. The van der Waals surface area contributed by atoms with E-state index in [1.807, 2.05) is 0 Å². The van der Waals surface area contributed by atoms with Gasteiger partial charge in [0, 0.05) is 29.7 Å². The number of hydrogen-bond donors (Lipinski definition) is 1. The van der Waals surface area contributed by atoms with Crippen molar-refractivity contribution >= 4 is 29.2 Å². The average molecular weight is 518 g/mol. The first-order valence-electron chi connectivity index (χ1n) is 11.3. The standard InChI is InChI=1S/C26H25F2NO6S/c1-25(20-9-8-18(27)11-21(20)28)15-33-22(26(2)34-13-19(12-30)35-26)10-17(25)14-36-24(32)29-23(31)16-6-4-3-5-7-16/h3-9,11-13,17,22H,10,14-15H2,1-2H3,(H,29,31,32)/t17-,22+,25+,26?/m0/s1. The van der Waals surface area contributed by atoms with Crippen LogP contribution in [-0.4, -0.2) is 41.7 Å². The van der Waals surface area contributed by atoms with Crippen LogP contribution in [0.15, 0.2) is 60.6 Å². The zero-order valence-electron chi connectivity index (χ0n) is 19.7. The third-order valence-electron chi connectivity index (χ3n) is 6.63. The van der Waals surface area contributed by atoms with Crippen molar-refractivity contribution in [3.05, 3.63) is 83.3 Å². The quantitative estimate of drug-likeness (QED) is 0.555. The molecule has 4 atom stereocenters. The summed E-state index contributed by atoms with van der Waals surface area (Å²) in [5, 5.41) is 1.79. The second-order valence-corrected chi connectivity index (χ2v) is 10.1. The smallest absolute Gasteiger partial charge is 0.285 e. The van der Waals surface area contributed by atoms with Crippen molar-refractivity contribution < 1.29 is 37.4 Å². The Morgan fingerprint density at radius 1 is 1.17 bits per heavy atom. The van der Waals surface area contributed by atoms with Crippen LogP contribution in [-0.2, 0) is 24.4 Å². The molecule has 4 rings (SSSR count). The summed E-state index contributed by atoms with van der Waals surface area (Å²) >= 11 is 0.887. The maximum Gasteiger partial charge on any atom is 0.285 e. The Kier molecular flexibility index (Phi) is 7.46. The number of rotatable bonds is 6. The SMILES string of the molecule is CC1([C@H]2C[C@@H](CSC(=O)NC(=O)c3ccccc3)[C@](C)(c3ccc(F)cc3F)CO2)OC=C(C=O)O1. The number of halogens is 2. The van der Waals surface area contributed by atoms with E-state index < -0.39 is 40.1 Å². The number of aldehydes is 1. The fourth-order valence-corrected chi connectivity index (χ4v) is 5.48. The van der Waals surface area contributed by atoms with Gasteiger partial charge in [-0.2, -0.15) is 0 Å². The van der Waals surface area contributed by atoms with E-state index in [9.17, 15) is 23.2 Å². The highest BCUT2D eigenvalue weighted by Gasteiger charge is 2.52. The second kappa shape index (κ2) is 10.4. The number of imide groups is 1. The van der Waals surface area contributed by atoms with Crippen LogP contribution in [0.5, 0.6) is 0 Å². The third-order valence-corrected chi connectivity index (χ3v) is 7.56. The Morgan fingerprint density at radius 2 is 1.92 bits per heavy atom. The van der Waals surface area contributed by atoms with Crippen LogP contribution in [0, 0.1) is 17.6 Å². The Bertz CT molecular complexity index is 1190. The Morgan fingerprint density at radius 3 is 2.58 bits per heavy atom. The molecule has 0 aromatic heterocycles. The summed E-state index contributed by atoms with van der Waals surface area (Å²) in [5.74, 6) is -3.39. The molecule has 0 aliphatic carbocycles. The maximum absolute atomic E-state index is 14.9. The van der Waals surface area contributed by atoms with Crippen molar-refractivity contribution in [1.29, 1.82) is 0 Å². The van der Waals surface area contributed by atoms with E-state index in [-0.39, 0.29) is 36.0 Å². The van der Waals surface area contributed by atoms with Crippen molar-refractivity contribution in [2.45, 2.75) is 37.6 Å². The van der Waals surface area contributed by atoms with Crippen LogP contribution in [0.2, 0.25) is 0 Å². The Hall–Kier alpha value is -3.24. The number of thioether (sulfide) groups is 1. The zero-order valence-corrected chi connectivity index (χ0v) is 20.5. The summed E-state index contributed by atoms with van der Waals surface area (Å²) < 4.78 is 45.7. The number of amides is 2. The fraction of sp³-hybridized carbons (Fsp3) is 0.346. The van der Waals surface area contributed by atoms with E-state index in [0.29, 0.717) is 11.8 Å². The van der Waals surface area contributed by atoms with Gasteiger partial charge in [0.25, 0.3) is 16.9 Å². The molecule has 2 aliphatic heterocycles. The van der Waals surface area contributed by atoms with Crippen LogP contribution in [0.1, 0.15) is 36.2 Å². The van der Waals surface area contributed by atoms with Gasteiger partial charge in [-0.25, -0.2) is 8.78 Å². The molecule has 1 saturated heterocycles. The molecule has 2 aromatic rings. The lowest BCUT2D eigenvalue weighted by molar-refractivity contribution is -0.238. The van der Waals surface area contributed by atoms with Gasteiger partial charge in [-0.3, -0.25) is 19.7 Å². The van der Waals surface area contributed by atoms with Crippen molar-refractivity contribution in [3.8, 4) is 0 Å². The summed E-state index contributed by atoms with van der Waals surface area (Å²) in [5.41, 5.74) is -0.336. The lowest BCUT2D eigenvalue weighted by atomic mass is 9.68. The molecule has 0 saturated carbocycles. The Labute approximate surface area is 211 Å². The number of ether oxygens (including phenoxy) is 3. The van der Waals surface area contributed by atoms with Gasteiger partial charge in [0.05, 0.1) is 6.61 Å². The van der Waals surface area contributed by atoms with Crippen LogP contribution >= 0.6 is 11.8 Å². The molecule has 0 spiro atoms. The van der Waals surface area contributed by atoms with E-state index in [4.69, 9.17) is 14.2 Å². The zero-order chi connectivity index (χ0) is 25.9. The molecule has 1 unspecified atom stereocenters. The molecule has 1 fully saturated rings. The molecule has 1 N–H and O–H groups in total. The van der Waals surface area contributed by atoms with Crippen molar-refractivity contribution in [2.75, 3.05) is 12.4 Å². The molecule has 0 radical (unpaired) electrons. The van der Waals surface area contributed by atoms with E-state index in [0.717, 1.165) is 17.8 Å². The fourth-order valence-electron chi connectivity index (χ4n) is 4.46. The van der Waals surface area contributed by atoms with Gasteiger partial charge in [0.15, 0.2) is 12.0 Å². The molecule has 190 valence electrons. The minimum atomic E-state index is -1.28. The molecule has 2 aromatic carbocycles. The van der Waals surface area contributed by atoms with E-state index in [1.54, 1.807) is 44.2 Å². The highest BCUT2D eigenvalue weighted by Crippen LogP contribution is 2.46. The third kappa shape index (κ3) is 5.29. The first-order valence-corrected chi connectivity index (χ1v) is 12.3. The summed E-state index contributed by atoms with van der Waals surface area (Å²) in [7, 11) is 0. The molecule has 7 nitrogen and oxygen atoms in total. The largest absolute Gasteiger partial charge is 0.454 e.